The summed E-state index contributed by atoms with van der Waals surface area (Å²) in [6.07, 6.45) is -16.9. The number of nitrogens with zero attached hydrogens (tertiary/aromatic N) is 8. The first-order chi connectivity index (χ1) is 34.5. The summed E-state index contributed by atoms with van der Waals surface area (Å²) in [5.74, 6) is -8.21. The Kier molecular flexibility index (Phi) is 15.6. The standard InChI is InChI=1S/2C22H18F6N4O4S/c2*23-21(24,25)15-3-1-2-13(10-15)17(19(33)32-6-8-37(34,35)9-7-32)11-16-5-4-14(12-29-16)18-30-20(36-31-18)22(26,27)28/h2*1-5,10,12,17H,6-9,11H2/t2*17-/m10/s1. The van der Waals surface area contributed by atoms with Crippen LogP contribution in [0.5, 0.6) is 0 Å². The van der Waals surface area contributed by atoms with Gasteiger partial charge in [0.2, 0.25) is 23.5 Å². The lowest BCUT2D eigenvalue weighted by Crippen LogP contribution is -2.46. The van der Waals surface area contributed by atoms with Crippen molar-refractivity contribution in [2.24, 2.45) is 0 Å². The van der Waals surface area contributed by atoms with Gasteiger partial charge in [-0.05, 0) is 47.5 Å². The molecule has 16 nitrogen and oxygen atoms in total. The maximum atomic E-state index is 13.3. The molecule has 8 rings (SSSR count). The van der Waals surface area contributed by atoms with Crippen LogP contribution in [0, 0.1) is 0 Å². The number of hydrogen-bond donors (Lipinski definition) is 0. The van der Waals surface area contributed by atoms with Gasteiger partial charge >= 0.3 is 36.5 Å². The van der Waals surface area contributed by atoms with Gasteiger partial charge in [0.1, 0.15) is 0 Å². The Balaban J connectivity index is 0.000000216. The number of halogens is 12. The van der Waals surface area contributed by atoms with Gasteiger partial charge in [-0.15, -0.1) is 0 Å². The average Bonchev–Trinajstić information content (AvgIpc) is 4.05. The van der Waals surface area contributed by atoms with E-state index in [-0.39, 0.29) is 107 Å². The van der Waals surface area contributed by atoms with Crippen LogP contribution >= 0.6 is 0 Å². The lowest BCUT2D eigenvalue weighted by atomic mass is 9.91. The molecule has 4 aromatic heterocycles. The van der Waals surface area contributed by atoms with Crippen LogP contribution in [-0.4, -0.2) is 118 Å². The second-order valence-corrected chi connectivity index (χ2v) is 21.2. The number of carbonyl (C=O) groups is 2. The Morgan fingerprint density at radius 1 is 0.514 bits per heavy atom. The van der Waals surface area contributed by atoms with E-state index in [0.29, 0.717) is 0 Å². The minimum atomic E-state index is -4.83. The monoisotopic (exact) mass is 1100 g/mol. The number of benzene rings is 2. The smallest absolute Gasteiger partial charge is 0.340 e. The SMILES string of the molecule is O=C([C@@H](Cc1ccc(-c2noc(C(F)(F)F)n2)cn1)c1cccc(C(F)(F)F)c1)N1CCS(=O)(=O)CC1.O=C([C@H](Cc1ccc(-c2noc(C(F)(F)F)n2)cn1)c1cccc(C(F)(F)F)c1)N1CCS(=O)(=O)CC1. The summed E-state index contributed by atoms with van der Waals surface area (Å²) in [4.78, 5) is 44.0. The number of pyridine rings is 2. The number of aromatic nitrogens is 6. The van der Waals surface area contributed by atoms with Crippen molar-refractivity contribution in [3.8, 4) is 22.8 Å². The first kappa shape index (κ1) is 54.8. The van der Waals surface area contributed by atoms with E-state index in [1.165, 1.54) is 58.3 Å². The zero-order chi connectivity index (χ0) is 54.0. The van der Waals surface area contributed by atoms with Crippen LogP contribution < -0.4 is 0 Å². The number of sulfone groups is 2. The number of hydrogen-bond acceptors (Lipinski definition) is 14. The molecule has 2 fully saturated rings. The maximum Gasteiger partial charge on any atom is 0.471 e. The molecular formula is C44H36F12N8O8S2. The minimum Gasteiger partial charge on any atom is -0.340 e. The number of amides is 2. The molecule has 2 amide bonds. The van der Waals surface area contributed by atoms with Crippen molar-refractivity contribution >= 4 is 31.5 Å². The van der Waals surface area contributed by atoms with Gasteiger partial charge < -0.3 is 18.8 Å². The highest BCUT2D eigenvalue weighted by Crippen LogP contribution is 2.36. The summed E-state index contributed by atoms with van der Waals surface area (Å²) >= 11 is 0. The maximum absolute atomic E-state index is 13.3. The number of alkyl halides is 12. The van der Waals surface area contributed by atoms with E-state index in [1.807, 2.05) is 0 Å². The van der Waals surface area contributed by atoms with Crippen molar-refractivity contribution < 1.29 is 88.2 Å². The van der Waals surface area contributed by atoms with E-state index < -0.39 is 90.9 Å². The van der Waals surface area contributed by atoms with E-state index in [2.05, 4.69) is 39.3 Å². The third kappa shape index (κ3) is 13.8. The fourth-order valence-electron chi connectivity index (χ4n) is 7.55. The quantitative estimate of drug-likeness (QED) is 0.122. The Morgan fingerprint density at radius 2 is 0.865 bits per heavy atom. The van der Waals surface area contributed by atoms with Crippen LogP contribution in [0.2, 0.25) is 0 Å². The van der Waals surface area contributed by atoms with Crippen LogP contribution in [0.15, 0.2) is 94.2 Å². The van der Waals surface area contributed by atoms with E-state index in [1.54, 1.807) is 0 Å². The molecule has 2 atom stereocenters. The summed E-state index contributed by atoms with van der Waals surface area (Å²) in [7, 11) is -6.62. The van der Waals surface area contributed by atoms with Gasteiger partial charge in [0.15, 0.2) is 19.7 Å². The van der Waals surface area contributed by atoms with E-state index in [4.69, 9.17) is 0 Å². The average molecular weight is 1100 g/mol. The van der Waals surface area contributed by atoms with Crippen LogP contribution in [-0.2, 0) is 66.8 Å². The van der Waals surface area contributed by atoms with Gasteiger partial charge in [-0.2, -0.15) is 62.7 Å². The predicted octanol–water partition coefficient (Wildman–Crippen LogP) is 7.51. The molecule has 396 valence electrons. The highest BCUT2D eigenvalue weighted by molar-refractivity contribution is 7.91. The van der Waals surface area contributed by atoms with Gasteiger partial charge in [-0.1, -0.05) is 46.7 Å². The van der Waals surface area contributed by atoms with Crippen LogP contribution in [0.4, 0.5) is 52.7 Å². The molecule has 6 heterocycles. The van der Waals surface area contributed by atoms with Gasteiger partial charge in [0.25, 0.3) is 0 Å². The lowest BCUT2D eigenvalue weighted by Gasteiger charge is -2.30. The molecular weight excluding hydrogens is 1060 g/mol. The first-order valence-electron chi connectivity index (χ1n) is 21.5. The molecule has 0 saturated carbocycles. The van der Waals surface area contributed by atoms with Crippen molar-refractivity contribution in [1.29, 1.82) is 0 Å². The molecule has 2 aliphatic heterocycles. The molecule has 30 heteroatoms. The molecule has 6 aromatic rings. The highest BCUT2D eigenvalue weighted by Gasteiger charge is 2.41. The molecule has 0 radical (unpaired) electrons. The molecule has 0 bridgehead atoms. The summed E-state index contributed by atoms with van der Waals surface area (Å²) in [5, 5.41) is 6.52. The van der Waals surface area contributed by atoms with Gasteiger partial charge in [-0.3, -0.25) is 19.6 Å². The van der Waals surface area contributed by atoms with Crippen molar-refractivity contribution in [1.82, 2.24) is 40.0 Å². The number of rotatable bonds is 10. The zero-order valence-electron chi connectivity index (χ0n) is 37.5. The fourth-order valence-corrected chi connectivity index (χ4v) is 9.95. The normalized spacial score (nSPS) is 17.0. The summed E-state index contributed by atoms with van der Waals surface area (Å²) in [6, 6.07) is 14.0. The molecule has 2 saturated heterocycles. The Bertz CT molecular complexity index is 2960. The third-order valence-electron chi connectivity index (χ3n) is 11.5. The van der Waals surface area contributed by atoms with Gasteiger partial charge in [0, 0.05) is 73.9 Å². The topological polar surface area (TPSA) is 213 Å². The summed E-state index contributed by atoms with van der Waals surface area (Å²) < 4.78 is 212. The number of carbonyl (C=O) groups excluding carboxylic acids is 2. The van der Waals surface area contributed by atoms with Gasteiger partial charge in [0.05, 0.1) is 46.0 Å². The molecule has 74 heavy (non-hydrogen) atoms. The van der Waals surface area contributed by atoms with E-state index in [9.17, 15) is 79.1 Å². The van der Waals surface area contributed by atoms with Crippen molar-refractivity contribution in [2.45, 2.75) is 49.4 Å². The van der Waals surface area contributed by atoms with Crippen molar-refractivity contribution in [3.63, 3.8) is 0 Å². The molecule has 2 aliphatic rings. The largest absolute Gasteiger partial charge is 0.471 e. The second-order valence-electron chi connectivity index (χ2n) is 16.6. The minimum absolute atomic E-state index is 0.0621. The van der Waals surface area contributed by atoms with Crippen LogP contribution in [0.3, 0.4) is 0 Å². The fraction of sp³-hybridized carbons (Fsp3) is 0.364. The molecule has 0 aliphatic carbocycles. The second kappa shape index (κ2) is 21.1. The van der Waals surface area contributed by atoms with Gasteiger partial charge in [-0.25, -0.2) is 16.8 Å². The molecule has 0 spiro atoms. The first-order valence-corrected chi connectivity index (χ1v) is 25.2. The molecule has 2 aromatic carbocycles. The Hall–Kier alpha value is -6.98. The summed E-state index contributed by atoms with van der Waals surface area (Å²) in [5.41, 5.74) is -1.10. The Morgan fingerprint density at radius 3 is 1.15 bits per heavy atom. The predicted molar refractivity (Wildman–Crippen MR) is 231 cm³/mol. The van der Waals surface area contributed by atoms with Crippen molar-refractivity contribution in [2.75, 3.05) is 49.2 Å². The summed E-state index contributed by atoms with van der Waals surface area (Å²) in [6.45, 7) is -0.380. The Labute approximate surface area is 410 Å². The molecule has 0 N–H and O–H groups in total. The molecule has 0 unspecified atom stereocenters. The van der Waals surface area contributed by atoms with Crippen LogP contribution in [0.25, 0.3) is 22.8 Å². The highest BCUT2D eigenvalue weighted by atomic mass is 32.2. The zero-order valence-corrected chi connectivity index (χ0v) is 39.1. The van der Waals surface area contributed by atoms with Crippen LogP contribution in [0.1, 0.15) is 57.3 Å². The van der Waals surface area contributed by atoms with E-state index >= 15 is 0 Å². The lowest BCUT2D eigenvalue weighted by molar-refractivity contribution is -0.160. The van der Waals surface area contributed by atoms with Crippen molar-refractivity contribution in [3.05, 3.63) is 131 Å². The van der Waals surface area contributed by atoms with E-state index in [0.717, 1.165) is 36.7 Å². The third-order valence-corrected chi connectivity index (χ3v) is 14.7.